The molecule has 0 radical (unpaired) electrons. The van der Waals surface area contributed by atoms with Gasteiger partial charge in [0.05, 0.1) is 65.7 Å². The molecule has 1 aliphatic heterocycles. The van der Waals surface area contributed by atoms with Crippen LogP contribution in [0.1, 0.15) is 0 Å². The van der Waals surface area contributed by atoms with Gasteiger partial charge in [0.2, 0.25) is 0 Å². The molecule has 1 aromatic carbocycles. The fraction of sp³-hybridized carbons (Fsp3) is 0.647. The smallest absolute Gasteiger partial charge is 0.142 e. The summed E-state index contributed by atoms with van der Waals surface area (Å²) >= 11 is 0. The molecule has 2 rings (SSSR count). The van der Waals surface area contributed by atoms with E-state index in [1.165, 1.54) is 0 Å². The molecule has 0 saturated carbocycles. The lowest BCUT2D eigenvalue weighted by molar-refractivity contribution is 0.00206. The van der Waals surface area contributed by atoms with Gasteiger partial charge in [0.15, 0.2) is 0 Å². The Balaban J connectivity index is 2.05. The first-order chi connectivity index (χ1) is 12.8. The number of benzene rings is 1. The molecule has 26 heavy (non-hydrogen) atoms. The third kappa shape index (κ3) is 7.07. The predicted octanol–water partition coefficient (Wildman–Crippen LogP) is 2.52. The second-order valence-corrected chi connectivity index (χ2v) is 5.48. The van der Waals surface area contributed by atoms with Crippen LogP contribution >= 0.6 is 0 Å². The second kappa shape index (κ2) is 12.3. The van der Waals surface area contributed by atoms with E-state index >= 15 is 0 Å². The van der Waals surface area contributed by atoms with Crippen LogP contribution < -0.4 is 9.64 Å². The van der Waals surface area contributed by atoms with Crippen molar-refractivity contribution < 1.29 is 23.7 Å². The molecule has 0 amide bonds. The van der Waals surface area contributed by atoms with E-state index < -0.39 is 0 Å². The average molecular weight is 366 g/mol. The van der Waals surface area contributed by atoms with Crippen molar-refractivity contribution in [3.63, 3.8) is 0 Å². The Hall–Kier alpha value is -2.03. The molecule has 0 spiro atoms. The summed E-state index contributed by atoms with van der Waals surface area (Å²) in [5.74, 6) is 0.638. The molecule has 0 aromatic heterocycles. The minimum absolute atomic E-state index is 0.508. The molecule has 1 saturated heterocycles. The molecule has 0 atom stereocenters. The first kappa shape index (κ1) is 20.3. The Morgan fingerprint density at radius 3 is 1.96 bits per heavy atom. The summed E-state index contributed by atoms with van der Waals surface area (Å²) in [6.07, 6.45) is 0. The van der Waals surface area contributed by atoms with Crippen molar-refractivity contribution in [1.29, 1.82) is 0 Å². The normalized spacial score (nSPS) is 18.3. The van der Waals surface area contributed by atoms with E-state index in [-0.39, 0.29) is 0 Å². The summed E-state index contributed by atoms with van der Waals surface area (Å²) in [6.45, 7) is 5.76. The summed E-state index contributed by atoms with van der Waals surface area (Å²) in [7, 11) is 1.59. The highest BCUT2D eigenvalue weighted by molar-refractivity contribution is 5.63. The molecule has 0 bridgehead atoms. The third-order valence-corrected chi connectivity index (χ3v) is 3.79. The monoisotopic (exact) mass is 366 g/mol. The molecule has 0 N–H and O–H groups in total. The van der Waals surface area contributed by atoms with Gasteiger partial charge in [-0.2, -0.15) is 0 Å². The van der Waals surface area contributed by atoms with Gasteiger partial charge in [0.25, 0.3) is 0 Å². The van der Waals surface area contributed by atoms with Crippen LogP contribution in [0.2, 0.25) is 0 Å². The second-order valence-electron chi connectivity index (χ2n) is 5.48. The highest BCUT2D eigenvalue weighted by atomic mass is 16.6. The lowest BCUT2D eigenvalue weighted by Crippen LogP contribution is -2.31. The van der Waals surface area contributed by atoms with E-state index in [9.17, 15) is 0 Å². The molecule has 0 unspecified atom stereocenters. The summed E-state index contributed by atoms with van der Waals surface area (Å²) in [5.41, 5.74) is 10.00. The van der Waals surface area contributed by atoms with Gasteiger partial charge in [0, 0.05) is 23.7 Å². The van der Waals surface area contributed by atoms with Gasteiger partial charge in [0.1, 0.15) is 5.75 Å². The van der Waals surface area contributed by atoms with E-state index in [0.717, 1.165) is 5.69 Å². The van der Waals surface area contributed by atoms with Gasteiger partial charge in [-0.3, -0.25) is 0 Å². The Morgan fingerprint density at radius 2 is 1.46 bits per heavy atom. The fourth-order valence-electron chi connectivity index (χ4n) is 2.51. The number of anilines is 1. The molecular weight excluding hydrogens is 340 g/mol. The van der Waals surface area contributed by atoms with E-state index in [0.29, 0.717) is 77.4 Å². The summed E-state index contributed by atoms with van der Waals surface area (Å²) < 4.78 is 27.6. The minimum Gasteiger partial charge on any atom is -0.495 e. The highest BCUT2D eigenvalue weighted by Gasteiger charge is 2.13. The molecule has 9 nitrogen and oxygen atoms in total. The van der Waals surface area contributed by atoms with Crippen molar-refractivity contribution in [2.45, 2.75) is 0 Å². The van der Waals surface area contributed by atoms with Crippen LogP contribution in [0.3, 0.4) is 0 Å². The average Bonchev–Trinajstić information content (AvgIpc) is 2.67. The highest BCUT2D eigenvalue weighted by Crippen LogP contribution is 2.32. The Labute approximate surface area is 153 Å². The summed E-state index contributed by atoms with van der Waals surface area (Å²) in [5, 5.41) is 3.62. The third-order valence-electron chi connectivity index (χ3n) is 3.79. The standard InChI is InChI=1S/C17H26N4O5/c1-22-17-14-15(19-20-18)2-3-16(17)21-4-6-23-8-10-25-12-13-26-11-9-24-7-5-21/h2-3,14H,4-13H2,1H3. The zero-order valence-electron chi connectivity index (χ0n) is 15.1. The van der Waals surface area contributed by atoms with Crippen molar-refractivity contribution in [3.05, 3.63) is 28.6 Å². The summed E-state index contributed by atoms with van der Waals surface area (Å²) in [6, 6.07) is 5.35. The van der Waals surface area contributed by atoms with Crippen molar-refractivity contribution in [1.82, 2.24) is 0 Å². The predicted molar refractivity (Wildman–Crippen MR) is 97.3 cm³/mol. The fourth-order valence-corrected chi connectivity index (χ4v) is 2.51. The van der Waals surface area contributed by atoms with Crippen molar-refractivity contribution in [2.24, 2.45) is 5.11 Å². The van der Waals surface area contributed by atoms with E-state index in [1.54, 1.807) is 19.2 Å². The van der Waals surface area contributed by atoms with Crippen LogP contribution in [-0.4, -0.2) is 73.1 Å². The van der Waals surface area contributed by atoms with Crippen LogP contribution in [0.15, 0.2) is 23.3 Å². The SMILES string of the molecule is COc1cc(N=[N+]=[N-])ccc1N1CCOCCOCCOCCOCC1. The number of azide groups is 1. The van der Waals surface area contributed by atoms with Crippen molar-refractivity contribution in [2.75, 3.05) is 78.0 Å². The molecule has 1 aliphatic rings. The molecule has 0 aliphatic carbocycles. The van der Waals surface area contributed by atoms with Crippen LogP contribution in [-0.2, 0) is 18.9 Å². The first-order valence-corrected chi connectivity index (χ1v) is 8.64. The molecule has 1 fully saturated rings. The maximum Gasteiger partial charge on any atom is 0.142 e. The molecule has 1 heterocycles. The Kier molecular flexibility index (Phi) is 9.63. The summed E-state index contributed by atoms with van der Waals surface area (Å²) in [4.78, 5) is 4.93. The van der Waals surface area contributed by atoms with E-state index in [1.807, 2.05) is 6.07 Å². The number of rotatable bonds is 3. The Bertz CT molecular complexity index is 564. The van der Waals surface area contributed by atoms with Crippen LogP contribution in [0.4, 0.5) is 11.4 Å². The van der Waals surface area contributed by atoms with Gasteiger partial charge in [-0.1, -0.05) is 11.2 Å². The Morgan fingerprint density at radius 1 is 0.923 bits per heavy atom. The number of hydrogen-bond donors (Lipinski definition) is 0. The van der Waals surface area contributed by atoms with Crippen molar-refractivity contribution in [3.8, 4) is 5.75 Å². The maximum absolute atomic E-state index is 8.59. The van der Waals surface area contributed by atoms with Gasteiger partial charge >= 0.3 is 0 Å². The molecule has 9 heteroatoms. The van der Waals surface area contributed by atoms with Gasteiger partial charge in [-0.25, -0.2) is 0 Å². The van der Waals surface area contributed by atoms with Crippen LogP contribution in [0.25, 0.3) is 10.4 Å². The largest absolute Gasteiger partial charge is 0.495 e. The number of hydrogen-bond acceptors (Lipinski definition) is 7. The van der Waals surface area contributed by atoms with E-state index in [4.69, 9.17) is 29.2 Å². The van der Waals surface area contributed by atoms with Crippen molar-refractivity contribution >= 4 is 11.4 Å². The van der Waals surface area contributed by atoms with Crippen LogP contribution in [0.5, 0.6) is 5.75 Å². The zero-order valence-corrected chi connectivity index (χ0v) is 15.1. The number of methoxy groups -OCH3 is 1. The lowest BCUT2D eigenvalue weighted by atomic mass is 10.2. The van der Waals surface area contributed by atoms with E-state index in [2.05, 4.69) is 14.9 Å². The number of nitrogens with zero attached hydrogens (tertiary/aromatic N) is 4. The quantitative estimate of drug-likeness (QED) is 0.463. The van der Waals surface area contributed by atoms with Crippen LogP contribution in [0, 0.1) is 0 Å². The molecule has 1 aromatic rings. The van der Waals surface area contributed by atoms with Gasteiger partial charge < -0.3 is 28.6 Å². The molecule has 144 valence electrons. The van der Waals surface area contributed by atoms with Gasteiger partial charge in [-0.15, -0.1) is 0 Å². The maximum atomic E-state index is 8.59. The first-order valence-electron chi connectivity index (χ1n) is 8.64. The zero-order chi connectivity index (χ0) is 18.5. The lowest BCUT2D eigenvalue weighted by Gasteiger charge is -2.26. The topological polar surface area (TPSA) is 98.2 Å². The number of ether oxygens (including phenoxy) is 5. The molecular formula is C17H26N4O5. The minimum atomic E-state index is 0.508. The van der Waals surface area contributed by atoms with Gasteiger partial charge in [-0.05, 0) is 17.7 Å².